The Bertz CT molecular complexity index is 1950. The van der Waals surface area contributed by atoms with Crippen molar-refractivity contribution < 1.29 is 75.5 Å². The first kappa shape index (κ1) is 47.4. The zero-order chi connectivity index (χ0) is 47.1. The van der Waals surface area contributed by atoms with E-state index in [2.05, 4.69) is 37.2 Å². The summed E-state index contributed by atoms with van der Waals surface area (Å²) >= 11 is 0.732. The molecule has 66 heavy (non-hydrogen) atoms. The maximum atomic E-state index is 17.0. The number of methoxy groups -OCH3 is 1. The smallest absolute Gasteiger partial charge is 0.337 e. The van der Waals surface area contributed by atoms with Crippen LogP contribution in [0.3, 0.4) is 0 Å². The molecule has 4 saturated carbocycles. The Kier molecular flexibility index (Phi) is 12.6. The predicted molar refractivity (Wildman–Crippen MR) is 204 cm³/mol. The first-order valence-electron chi connectivity index (χ1n) is 21.9. The van der Waals surface area contributed by atoms with Crippen LogP contribution in [0.5, 0.6) is 0 Å². The minimum absolute atomic E-state index is 0.0907. The fraction of sp³-hybridized carbons (Fsp3) is 0.825. The zero-order valence-electron chi connectivity index (χ0n) is 34.3. The quantitative estimate of drug-likeness (QED) is 0.136. The van der Waals surface area contributed by atoms with E-state index in [0.29, 0.717) is 0 Å². The summed E-state index contributed by atoms with van der Waals surface area (Å²) in [6.45, 7) is 0. The molecule has 0 amide bonds. The molecule has 5 heterocycles. The van der Waals surface area contributed by atoms with Gasteiger partial charge in [0.25, 0.3) is 0 Å². The molecule has 9 fully saturated rings. The summed E-state index contributed by atoms with van der Waals surface area (Å²) in [5.41, 5.74) is 0.0907. The number of ether oxygens (including phenoxy) is 1. The van der Waals surface area contributed by atoms with Crippen molar-refractivity contribution in [3.8, 4) is 0 Å². The van der Waals surface area contributed by atoms with Crippen molar-refractivity contribution in [3.63, 3.8) is 0 Å². The van der Waals surface area contributed by atoms with Gasteiger partial charge in [0, 0.05) is 51.6 Å². The van der Waals surface area contributed by atoms with E-state index in [-0.39, 0.29) is 15.6 Å². The number of nitrogens with zero attached hydrogens (tertiary/aromatic N) is 1. The van der Waals surface area contributed by atoms with Crippen molar-refractivity contribution in [2.45, 2.75) is 152 Å². The van der Waals surface area contributed by atoms with Crippen LogP contribution in [0, 0.1) is 47.3 Å². The van der Waals surface area contributed by atoms with Crippen LogP contribution < -0.4 is 37.2 Å². The number of carbonyl (C=O) groups is 1. The van der Waals surface area contributed by atoms with Crippen molar-refractivity contribution in [2.24, 2.45) is 47.3 Å². The van der Waals surface area contributed by atoms with Gasteiger partial charge in [0.1, 0.15) is 49.4 Å². The minimum Gasteiger partial charge on any atom is -0.465 e. The molecular formula is C40H47F15N8O2S. The SMILES string of the molecule is COC(=O)c1ccc(SC2C(F)C(F)C(F)C3C4NC5NC(NC6C7C(F)C(F)C(F)C(F)C7C(NC7NC(NC(N4)C23)C2CC(F)C(F)C(F)C72)N6F)C2C(F)C(F)C(F)C(F)C52)cc1. The highest BCUT2D eigenvalue weighted by Gasteiger charge is 2.69. The molecule has 10 nitrogen and oxygen atoms in total. The van der Waals surface area contributed by atoms with Gasteiger partial charge in [-0.15, -0.1) is 21.4 Å². The Balaban J connectivity index is 1.08. The van der Waals surface area contributed by atoms with Gasteiger partial charge in [0.05, 0.1) is 62.0 Å². The van der Waals surface area contributed by atoms with Crippen LogP contribution in [0.15, 0.2) is 29.2 Å². The largest absolute Gasteiger partial charge is 0.465 e. The van der Waals surface area contributed by atoms with Gasteiger partial charge in [0.15, 0.2) is 37.0 Å². The van der Waals surface area contributed by atoms with E-state index in [0.717, 1.165) is 18.9 Å². The Morgan fingerprint density at radius 3 is 1.35 bits per heavy atom. The molecule has 26 heteroatoms. The summed E-state index contributed by atoms with van der Waals surface area (Å²) in [7, 11) is 1.14. The van der Waals surface area contributed by atoms with Gasteiger partial charge in [-0.2, -0.15) is 0 Å². The normalized spacial score (nSPS) is 56.8. The molecule has 8 bridgehead atoms. The number of rotatable bonds is 3. The Morgan fingerprint density at radius 1 is 0.485 bits per heavy atom. The van der Waals surface area contributed by atoms with Crippen LogP contribution in [0.25, 0.3) is 0 Å². The fourth-order valence-corrected chi connectivity index (χ4v) is 14.3. The number of benzene rings is 1. The molecule has 31 atom stereocenters. The highest BCUT2D eigenvalue weighted by Crippen LogP contribution is 2.53. The van der Waals surface area contributed by atoms with Crippen LogP contribution in [0.2, 0.25) is 0 Å². The molecule has 5 aliphatic heterocycles. The molecule has 370 valence electrons. The number of hydrogen-bond donors (Lipinski definition) is 7. The van der Waals surface area contributed by atoms with E-state index in [4.69, 9.17) is 4.74 Å². The van der Waals surface area contributed by atoms with Crippen LogP contribution >= 0.6 is 11.8 Å². The molecular weight excluding hydrogens is 942 g/mol. The number of thioether (sulfide) groups is 1. The molecule has 0 spiro atoms. The van der Waals surface area contributed by atoms with Gasteiger partial charge < -0.3 is 4.74 Å². The highest BCUT2D eigenvalue weighted by molar-refractivity contribution is 8.00. The molecule has 5 saturated heterocycles. The van der Waals surface area contributed by atoms with E-state index in [1.807, 2.05) is 0 Å². The first-order chi connectivity index (χ1) is 31.3. The molecule has 0 radical (unpaired) electrons. The van der Waals surface area contributed by atoms with Gasteiger partial charge >= 0.3 is 5.97 Å². The monoisotopic (exact) mass is 988 g/mol. The molecule has 1 aromatic rings. The van der Waals surface area contributed by atoms with Crippen molar-refractivity contribution in [1.82, 2.24) is 42.3 Å². The Hall–Kier alpha value is -2.33. The first-order valence-corrected chi connectivity index (χ1v) is 22.8. The average Bonchev–Trinajstić information content (AvgIpc) is 4.02. The predicted octanol–water partition coefficient (Wildman–Crippen LogP) is 4.03. The summed E-state index contributed by atoms with van der Waals surface area (Å²) in [5, 5.41) is 17.5. The van der Waals surface area contributed by atoms with Crippen LogP contribution in [0.1, 0.15) is 16.8 Å². The number of esters is 1. The Morgan fingerprint density at radius 2 is 0.864 bits per heavy atom. The molecule has 1 aromatic carbocycles. The number of alkyl halides is 14. The number of halogens is 15. The Labute approximate surface area is 371 Å². The lowest BCUT2D eigenvalue weighted by atomic mass is 9.72. The van der Waals surface area contributed by atoms with E-state index in [9.17, 15) is 4.79 Å². The lowest BCUT2D eigenvalue weighted by Crippen LogP contribution is -2.62. The van der Waals surface area contributed by atoms with Crippen molar-refractivity contribution in [3.05, 3.63) is 29.8 Å². The number of nitrogens with one attached hydrogen (secondary N) is 7. The van der Waals surface area contributed by atoms with Gasteiger partial charge in [0.2, 0.25) is 0 Å². The lowest BCUT2D eigenvalue weighted by Gasteiger charge is -2.44. The highest BCUT2D eigenvalue weighted by atomic mass is 32.2. The van der Waals surface area contributed by atoms with Crippen LogP contribution in [-0.2, 0) is 4.74 Å². The number of fused-ring (bicyclic) bond motifs is 20. The number of hydrogen-bond acceptors (Lipinski definition) is 11. The molecule has 10 rings (SSSR count). The topological polar surface area (TPSA) is 114 Å². The van der Waals surface area contributed by atoms with Crippen molar-refractivity contribution in [1.29, 1.82) is 0 Å². The summed E-state index contributed by atoms with van der Waals surface area (Å²) in [6.07, 6.45) is -55.3. The third-order valence-electron chi connectivity index (χ3n) is 16.0. The average molecular weight is 989 g/mol. The van der Waals surface area contributed by atoms with Gasteiger partial charge in [-0.25, -0.2) is 66.3 Å². The maximum absolute atomic E-state index is 17.0. The van der Waals surface area contributed by atoms with E-state index in [1.54, 1.807) is 0 Å². The second kappa shape index (κ2) is 17.5. The second-order valence-electron chi connectivity index (χ2n) is 19.1. The van der Waals surface area contributed by atoms with Gasteiger partial charge in [-0.05, 0) is 36.6 Å². The van der Waals surface area contributed by atoms with Crippen LogP contribution in [-0.4, -0.2) is 159 Å². The second-order valence-corrected chi connectivity index (χ2v) is 20.4. The van der Waals surface area contributed by atoms with E-state index >= 15 is 65.9 Å². The summed E-state index contributed by atoms with van der Waals surface area (Å²) in [6, 6.07) is 5.43. The molecule has 4 aliphatic carbocycles. The maximum Gasteiger partial charge on any atom is 0.337 e. The minimum atomic E-state index is -3.18. The number of carbonyl (C=O) groups excluding carboxylic acids is 1. The molecule has 7 N–H and O–H groups in total. The van der Waals surface area contributed by atoms with E-state index in [1.165, 1.54) is 24.3 Å². The molecule has 0 aromatic heterocycles. The fourth-order valence-electron chi connectivity index (χ4n) is 12.9. The zero-order valence-corrected chi connectivity index (χ0v) is 35.1. The summed E-state index contributed by atoms with van der Waals surface area (Å²) in [5.74, 6) is -15.2. The van der Waals surface area contributed by atoms with E-state index < -0.39 is 201 Å². The lowest BCUT2D eigenvalue weighted by molar-refractivity contribution is -0.0975. The standard InChI is InChI=1S/C40H47F15N8O2S/c1-65-40(64)7-2-4-8(5-3-7)66-31-17-14(22(46)29(53)30(31)54)35-58-34-12-13(21(45)26(50)25(49)20(12)44)36(59-34)62-39-16-15(23(47)27(51)28(52)24(16)48)38(63(39)55)61-33-11-9(6-10(41)18(42)19(11)43)32(56-33)57-37(17)60-35/h2-5,9-39,56-62H,6H2,1H3. The van der Waals surface area contributed by atoms with Gasteiger partial charge in [-0.1, -0.05) is 0 Å². The third kappa shape index (κ3) is 7.19. The van der Waals surface area contributed by atoms with Crippen molar-refractivity contribution >= 4 is 17.7 Å². The molecule has 31 unspecified atom stereocenters. The van der Waals surface area contributed by atoms with Crippen LogP contribution in [0.4, 0.5) is 65.9 Å². The molecule has 9 aliphatic rings. The van der Waals surface area contributed by atoms with Crippen molar-refractivity contribution in [2.75, 3.05) is 7.11 Å². The van der Waals surface area contributed by atoms with Gasteiger partial charge in [-0.3, -0.25) is 37.2 Å². The third-order valence-corrected chi connectivity index (χ3v) is 17.4. The summed E-state index contributed by atoms with van der Waals surface area (Å²) in [4.78, 5) is 12.4. The summed E-state index contributed by atoms with van der Waals surface area (Å²) < 4.78 is 243.